The minimum Gasteiger partial charge on any atom is -0.456 e. The smallest absolute Gasteiger partial charge is 0.164 e. The molecule has 29 rings (SSSR count). The summed E-state index contributed by atoms with van der Waals surface area (Å²) in [4.78, 5) is 49.7. The molecule has 20 aromatic carbocycles. The molecule has 8 aromatic heterocycles. The number of nitrogens with zero attached hydrogens (tertiary/aromatic N) is 9. The third kappa shape index (κ3) is 15.7. The van der Waals surface area contributed by atoms with Crippen LogP contribution in [0, 0.1) is 0 Å². The van der Waals surface area contributed by atoms with Crippen LogP contribution >= 0.6 is 45.3 Å². The summed E-state index contributed by atoms with van der Waals surface area (Å²) >= 11 is 7.25. The van der Waals surface area contributed by atoms with E-state index in [1.807, 2.05) is 64.3 Å². The maximum atomic E-state index is 6.08. The van der Waals surface area contributed by atoms with Gasteiger partial charge >= 0.3 is 0 Å². The molecule has 0 N–H and O–H groups in total. The Kier molecular flexibility index (Phi) is 21.4. The van der Waals surface area contributed by atoms with Crippen LogP contribution in [0.2, 0.25) is 0 Å². The van der Waals surface area contributed by atoms with E-state index in [4.69, 9.17) is 49.3 Å². The predicted octanol–water partition coefficient (Wildman–Crippen LogP) is 35.4. The molecule has 0 fully saturated rings. The van der Waals surface area contributed by atoms with Gasteiger partial charge in [-0.25, -0.2) is 44.9 Å². The predicted molar refractivity (Wildman–Crippen MR) is 601 cm³/mol. The van der Waals surface area contributed by atoms with E-state index in [2.05, 4.69) is 449 Å². The third-order valence-electron chi connectivity index (χ3n) is 27.5. The van der Waals surface area contributed by atoms with E-state index in [0.717, 1.165) is 93.7 Å². The fourth-order valence-corrected chi connectivity index (χ4v) is 24.7. The minimum atomic E-state index is -0.524. The van der Waals surface area contributed by atoms with E-state index in [9.17, 15) is 0 Å². The van der Waals surface area contributed by atoms with Gasteiger partial charge in [0.25, 0.3) is 0 Å². The quantitative estimate of drug-likeness (QED) is 0.104. The van der Waals surface area contributed by atoms with Gasteiger partial charge in [-0.2, -0.15) is 0 Å². The minimum absolute atomic E-state index is 0.524. The zero-order chi connectivity index (χ0) is 95.1. The Bertz CT molecular complexity index is 9390. The van der Waals surface area contributed by atoms with Crippen molar-refractivity contribution >= 4 is 150 Å². The Labute approximate surface area is 844 Å². The summed E-state index contributed by atoms with van der Waals surface area (Å²) in [5.41, 5.74) is 20.6. The Morgan fingerprint density at radius 2 is 0.472 bits per heavy atom. The largest absolute Gasteiger partial charge is 0.456 e. The van der Waals surface area contributed by atoms with Crippen molar-refractivity contribution in [1.82, 2.24) is 44.9 Å². The number of hydrogen-bond acceptors (Lipinski definition) is 14. The van der Waals surface area contributed by atoms with Gasteiger partial charge in [0.2, 0.25) is 0 Å². The fourth-order valence-electron chi connectivity index (χ4n) is 20.4. The van der Waals surface area contributed by atoms with E-state index in [0.29, 0.717) is 52.4 Å². The summed E-state index contributed by atoms with van der Waals surface area (Å²) in [5, 5.41) is 15.4. The van der Waals surface area contributed by atoms with E-state index >= 15 is 0 Å². The van der Waals surface area contributed by atoms with E-state index in [-0.39, 0.29) is 0 Å². The number of para-hydroxylation sites is 1. The lowest BCUT2D eigenvalue weighted by Crippen LogP contribution is -2.28. The molecular formula is C130H79N9OS4. The Hall–Kier alpha value is -17.9. The van der Waals surface area contributed by atoms with Crippen molar-refractivity contribution in [3.8, 4) is 145 Å². The maximum Gasteiger partial charge on any atom is 0.164 e. The molecule has 0 saturated carbocycles. The molecule has 0 unspecified atom stereocenters. The number of thiophene rings is 4. The molecule has 0 saturated heterocycles. The van der Waals surface area contributed by atoms with Crippen LogP contribution in [0.4, 0.5) is 0 Å². The number of aromatic nitrogens is 9. The highest BCUT2D eigenvalue weighted by Gasteiger charge is 2.47. The second-order valence-electron chi connectivity index (χ2n) is 36.2. The van der Waals surface area contributed by atoms with Crippen LogP contribution < -0.4 is 0 Å². The fraction of sp³-hybridized carbons (Fsp3) is 0.00769. The molecule has 1 aliphatic carbocycles. The molecule has 1 aliphatic rings. The number of rotatable bonds is 14. The van der Waals surface area contributed by atoms with Crippen LogP contribution in [0.3, 0.4) is 0 Å². The lowest BCUT2D eigenvalue weighted by molar-refractivity contribution is 0.669. The van der Waals surface area contributed by atoms with Crippen molar-refractivity contribution in [2.75, 3.05) is 0 Å². The molecular weight excluding hydrogens is 1830 g/mol. The standard InChI is InChI=1S/C52H33N3S.C39H23N3OS.C39H23N3S2/c1-3-17-40(18-4-1)52(41-19-5-2-6-20-41)44-23-11-10-21-42(44)48-43(22-13-24-45(48)52)51-54-49(53-50(55-51)39-31-26-34-14-7-8-15-37(34)32-39)36-29-27-35(28-30-36)47-33-38-16-9-12-25-46(38)56-47;1-2-8-27-21-29(18-13-24(27)7-1)38-40-37(26-16-14-25(15-17-26)36-23-28-9-3-6-12-35(28)44-36)41-39(42-38)30-19-20-34-32(22-30)31-10-4-5-11-33(31)43-34;1-2-8-27-21-29(18-13-24(27)7-1)38-40-37(26-16-14-25(15-17-26)36-23-28-9-3-5-11-33(28)43-36)41-39(42-38)30-19-20-35-32(22-30)31-10-4-6-12-34(31)44-35/h1-33H;2*1-23H. The summed E-state index contributed by atoms with van der Waals surface area (Å²) in [6, 6.07) is 169. The molecule has 144 heavy (non-hydrogen) atoms. The van der Waals surface area contributed by atoms with Gasteiger partial charge in [0.1, 0.15) is 11.2 Å². The van der Waals surface area contributed by atoms with Crippen molar-refractivity contribution in [2.24, 2.45) is 0 Å². The van der Waals surface area contributed by atoms with E-state index < -0.39 is 5.41 Å². The van der Waals surface area contributed by atoms with Crippen molar-refractivity contribution in [2.45, 2.75) is 5.41 Å². The molecule has 0 amide bonds. The molecule has 0 radical (unpaired) electrons. The van der Waals surface area contributed by atoms with Gasteiger partial charge in [-0.3, -0.25) is 0 Å². The lowest BCUT2D eigenvalue weighted by atomic mass is 9.67. The molecule has 0 atom stereocenters. The second kappa shape index (κ2) is 36.1. The molecule has 0 spiro atoms. The van der Waals surface area contributed by atoms with Gasteiger partial charge in [0, 0.05) is 110 Å². The second-order valence-corrected chi connectivity index (χ2v) is 40.5. The van der Waals surface area contributed by atoms with Crippen LogP contribution in [0.15, 0.2) is 484 Å². The van der Waals surface area contributed by atoms with Gasteiger partial charge in [0.05, 0.1) is 5.41 Å². The number of fused-ring (bicyclic) bond motifs is 15. The average molecular weight is 1910 g/mol. The first-order chi connectivity index (χ1) is 71.2. The van der Waals surface area contributed by atoms with Crippen LogP contribution in [0.25, 0.3) is 250 Å². The van der Waals surface area contributed by atoms with E-state index in [1.54, 1.807) is 11.3 Å². The van der Waals surface area contributed by atoms with Crippen LogP contribution in [0.1, 0.15) is 22.3 Å². The summed E-state index contributed by atoms with van der Waals surface area (Å²) in [7, 11) is 0. The molecule has 10 nitrogen and oxygen atoms in total. The van der Waals surface area contributed by atoms with Gasteiger partial charge < -0.3 is 4.42 Å². The monoisotopic (exact) mass is 1910 g/mol. The normalized spacial score (nSPS) is 12.1. The molecule has 0 bridgehead atoms. The first-order valence-corrected chi connectivity index (χ1v) is 51.2. The van der Waals surface area contributed by atoms with Gasteiger partial charge in [-0.05, 0) is 202 Å². The van der Waals surface area contributed by atoms with Crippen molar-refractivity contribution in [1.29, 1.82) is 0 Å². The molecule has 28 aromatic rings. The zero-order valence-electron chi connectivity index (χ0n) is 77.2. The third-order valence-corrected chi connectivity index (χ3v) is 32.1. The number of furan rings is 1. The summed E-state index contributed by atoms with van der Waals surface area (Å²) in [6.45, 7) is 0. The van der Waals surface area contributed by atoms with Crippen molar-refractivity contribution in [3.05, 3.63) is 501 Å². The van der Waals surface area contributed by atoms with Gasteiger partial charge in [-0.15, -0.1) is 45.3 Å². The summed E-state index contributed by atoms with van der Waals surface area (Å²) < 4.78 is 12.5. The molecule has 14 heteroatoms. The number of hydrogen-bond donors (Lipinski definition) is 0. The maximum absolute atomic E-state index is 6.08. The topological polar surface area (TPSA) is 129 Å². The lowest BCUT2D eigenvalue weighted by Gasteiger charge is -2.33. The van der Waals surface area contributed by atoms with Crippen molar-refractivity contribution < 1.29 is 4.42 Å². The molecule has 674 valence electrons. The number of benzene rings is 20. The van der Waals surface area contributed by atoms with Crippen LogP contribution in [-0.2, 0) is 5.41 Å². The SMILES string of the molecule is c1ccc(C2(c3ccccc3)c3ccccc3-c3c(-c4nc(-c5ccc(-c6cc7ccccc7s6)cc5)nc(-c5ccc6ccccc6c5)n4)cccc32)cc1.c1ccc2cc(-c3nc(-c4ccc(-c5cc6ccccc6s5)cc4)nc(-c4ccc5oc6ccccc6c5c4)n3)ccc2c1.c1ccc2cc(-c3nc(-c4ccc(-c5cc6ccccc6s5)cc4)nc(-c4ccc5sc6ccccc6c5c4)n3)ccc2c1. The zero-order valence-corrected chi connectivity index (χ0v) is 80.4. The molecule has 8 heterocycles. The highest BCUT2D eigenvalue weighted by Crippen LogP contribution is 2.59. The van der Waals surface area contributed by atoms with Gasteiger partial charge in [-0.1, -0.05) is 376 Å². The highest BCUT2D eigenvalue weighted by atomic mass is 32.1. The van der Waals surface area contributed by atoms with Crippen LogP contribution in [0.5, 0.6) is 0 Å². The van der Waals surface area contributed by atoms with Crippen molar-refractivity contribution in [3.63, 3.8) is 0 Å². The molecule has 0 aliphatic heterocycles. The van der Waals surface area contributed by atoms with E-state index in [1.165, 1.54) is 126 Å². The average Bonchev–Trinajstić information content (AvgIpc) is 1.52. The Morgan fingerprint density at radius 3 is 0.924 bits per heavy atom. The van der Waals surface area contributed by atoms with Gasteiger partial charge in [0.15, 0.2) is 52.4 Å². The Morgan fingerprint density at radius 1 is 0.167 bits per heavy atom. The summed E-state index contributed by atoms with van der Waals surface area (Å²) in [6.07, 6.45) is 0. The first kappa shape index (κ1) is 85.3. The highest BCUT2D eigenvalue weighted by molar-refractivity contribution is 7.26. The first-order valence-electron chi connectivity index (χ1n) is 48.0. The summed E-state index contributed by atoms with van der Waals surface area (Å²) in [5.74, 6) is 5.83. The Balaban J connectivity index is 0.000000109. The van der Waals surface area contributed by atoms with Crippen LogP contribution in [-0.4, -0.2) is 44.9 Å².